The molecule has 1 N–H and O–H groups in total. The van der Waals surface area contributed by atoms with Crippen LogP contribution in [0.15, 0.2) is 0 Å². The van der Waals surface area contributed by atoms with E-state index < -0.39 is 5.79 Å². The van der Waals surface area contributed by atoms with Crippen LogP contribution in [0.3, 0.4) is 0 Å². The summed E-state index contributed by atoms with van der Waals surface area (Å²) < 4.78 is 14.4. The molecule has 0 aliphatic carbocycles. The number of ether oxygens (including phenoxy) is 3. The predicted octanol–water partition coefficient (Wildman–Crippen LogP) is 0.698. The van der Waals surface area contributed by atoms with Gasteiger partial charge in [0.15, 0.2) is 12.1 Å². The van der Waals surface area contributed by atoms with Crippen molar-refractivity contribution in [3.8, 4) is 0 Å². The Labute approximate surface area is 90.3 Å². The van der Waals surface area contributed by atoms with Crippen LogP contribution in [0.4, 0.5) is 0 Å². The fraction of sp³-hybridized carbons (Fsp3) is 0.900. The quantitative estimate of drug-likeness (QED) is 0.560. The van der Waals surface area contributed by atoms with Crippen molar-refractivity contribution in [3.05, 3.63) is 0 Å². The van der Waals surface area contributed by atoms with Crippen LogP contribution >= 0.6 is 0 Å². The normalized spacial score (nSPS) is 25.7. The second-order valence-electron chi connectivity index (χ2n) is 3.70. The molecule has 5 heteroatoms. The lowest BCUT2D eigenvalue weighted by Gasteiger charge is -2.12. The summed E-state index contributed by atoms with van der Waals surface area (Å²) in [5.74, 6) is -0.958. The standard InChI is InChI=1S/C6H10O3.C4H10O2/c1-8-6-3-2-5(4-7)9-6;1-4(2,5)6-3/h4-6H,2-3H2,1H3;5H,1-3H3. The van der Waals surface area contributed by atoms with Gasteiger partial charge in [0.2, 0.25) is 0 Å². The summed E-state index contributed by atoms with van der Waals surface area (Å²) in [5, 5.41) is 8.60. The van der Waals surface area contributed by atoms with Crippen LogP contribution in [0.5, 0.6) is 0 Å². The van der Waals surface area contributed by atoms with E-state index >= 15 is 0 Å². The first-order valence-electron chi connectivity index (χ1n) is 4.84. The highest BCUT2D eigenvalue weighted by atomic mass is 16.7. The van der Waals surface area contributed by atoms with Gasteiger partial charge in [0.25, 0.3) is 0 Å². The number of carbonyl (C=O) groups is 1. The Balaban J connectivity index is 0.000000288. The summed E-state index contributed by atoms with van der Waals surface area (Å²) in [6.45, 7) is 3.15. The minimum atomic E-state index is -0.958. The Morgan fingerprint density at radius 1 is 1.40 bits per heavy atom. The van der Waals surface area contributed by atoms with Crippen LogP contribution in [0, 0.1) is 0 Å². The SMILES string of the molecule is COC(C)(C)O.COC1CCC(C=O)O1. The third-order valence-electron chi connectivity index (χ3n) is 1.93. The average molecular weight is 220 g/mol. The van der Waals surface area contributed by atoms with Crippen molar-refractivity contribution in [2.24, 2.45) is 0 Å². The number of carbonyl (C=O) groups excluding carboxylic acids is 1. The molecule has 90 valence electrons. The Hall–Kier alpha value is -0.490. The molecule has 0 spiro atoms. The van der Waals surface area contributed by atoms with Gasteiger partial charge < -0.3 is 24.1 Å². The molecule has 15 heavy (non-hydrogen) atoms. The molecule has 1 aliphatic rings. The number of aldehydes is 1. The Morgan fingerprint density at radius 3 is 2.13 bits per heavy atom. The van der Waals surface area contributed by atoms with E-state index in [1.807, 2.05) is 0 Å². The van der Waals surface area contributed by atoms with Crippen molar-refractivity contribution < 1.29 is 24.1 Å². The lowest BCUT2D eigenvalue weighted by molar-refractivity contribution is -0.155. The van der Waals surface area contributed by atoms with E-state index in [-0.39, 0.29) is 12.4 Å². The van der Waals surface area contributed by atoms with Gasteiger partial charge in [-0.2, -0.15) is 0 Å². The number of methoxy groups -OCH3 is 2. The van der Waals surface area contributed by atoms with Gasteiger partial charge in [-0.05, 0) is 20.3 Å². The van der Waals surface area contributed by atoms with Gasteiger partial charge >= 0.3 is 0 Å². The molecule has 0 saturated carbocycles. The summed E-state index contributed by atoms with van der Waals surface area (Å²) in [4.78, 5) is 10.1. The number of aliphatic hydroxyl groups is 1. The topological polar surface area (TPSA) is 65.0 Å². The maximum atomic E-state index is 10.1. The Kier molecular flexibility index (Phi) is 6.67. The summed E-state index contributed by atoms with van der Waals surface area (Å²) in [6, 6.07) is 0. The van der Waals surface area contributed by atoms with Gasteiger partial charge in [-0.25, -0.2) is 0 Å². The lowest BCUT2D eigenvalue weighted by Crippen LogP contribution is -2.20. The van der Waals surface area contributed by atoms with E-state index in [4.69, 9.17) is 14.6 Å². The smallest absolute Gasteiger partial charge is 0.159 e. The third-order valence-corrected chi connectivity index (χ3v) is 1.93. The first kappa shape index (κ1) is 14.5. The molecule has 0 aromatic carbocycles. The number of rotatable bonds is 3. The van der Waals surface area contributed by atoms with E-state index in [1.165, 1.54) is 7.11 Å². The molecule has 1 saturated heterocycles. The maximum absolute atomic E-state index is 10.1. The van der Waals surface area contributed by atoms with Crippen LogP contribution in [-0.2, 0) is 19.0 Å². The maximum Gasteiger partial charge on any atom is 0.159 e. The molecule has 0 aromatic heterocycles. The molecule has 0 bridgehead atoms. The largest absolute Gasteiger partial charge is 0.366 e. The van der Waals surface area contributed by atoms with Crippen molar-refractivity contribution in [1.29, 1.82) is 0 Å². The molecule has 1 aliphatic heterocycles. The first-order chi connectivity index (χ1) is 6.92. The van der Waals surface area contributed by atoms with Gasteiger partial charge in [0, 0.05) is 20.6 Å². The van der Waals surface area contributed by atoms with Crippen LogP contribution in [0.25, 0.3) is 0 Å². The number of hydrogen-bond acceptors (Lipinski definition) is 5. The van der Waals surface area contributed by atoms with Crippen molar-refractivity contribution in [3.63, 3.8) is 0 Å². The molecular weight excluding hydrogens is 200 g/mol. The fourth-order valence-electron chi connectivity index (χ4n) is 0.905. The highest BCUT2D eigenvalue weighted by Gasteiger charge is 2.23. The first-order valence-corrected chi connectivity index (χ1v) is 4.84. The molecule has 0 radical (unpaired) electrons. The minimum absolute atomic E-state index is 0.153. The van der Waals surface area contributed by atoms with Crippen molar-refractivity contribution in [2.45, 2.75) is 44.9 Å². The van der Waals surface area contributed by atoms with E-state index in [1.54, 1.807) is 21.0 Å². The molecule has 1 heterocycles. The van der Waals surface area contributed by atoms with Crippen LogP contribution in [0.1, 0.15) is 26.7 Å². The molecule has 2 unspecified atom stereocenters. The second-order valence-corrected chi connectivity index (χ2v) is 3.70. The molecular formula is C10H20O5. The van der Waals surface area contributed by atoms with Crippen LogP contribution < -0.4 is 0 Å². The zero-order valence-electron chi connectivity index (χ0n) is 9.73. The highest BCUT2D eigenvalue weighted by Crippen LogP contribution is 2.17. The molecule has 1 rings (SSSR count). The third kappa shape index (κ3) is 7.44. The number of hydrogen-bond donors (Lipinski definition) is 1. The molecule has 0 aromatic rings. The average Bonchev–Trinajstić information content (AvgIpc) is 2.65. The van der Waals surface area contributed by atoms with Crippen molar-refractivity contribution in [1.82, 2.24) is 0 Å². The molecule has 1 fully saturated rings. The monoisotopic (exact) mass is 220 g/mol. The van der Waals surface area contributed by atoms with Crippen LogP contribution in [0.2, 0.25) is 0 Å². The van der Waals surface area contributed by atoms with E-state index in [0.29, 0.717) is 0 Å². The molecule has 0 amide bonds. The van der Waals surface area contributed by atoms with Gasteiger partial charge in [-0.15, -0.1) is 0 Å². The summed E-state index contributed by atoms with van der Waals surface area (Å²) >= 11 is 0. The summed E-state index contributed by atoms with van der Waals surface area (Å²) in [6.07, 6.45) is 2.07. The Bertz CT molecular complexity index is 175. The lowest BCUT2D eigenvalue weighted by atomic mass is 10.2. The highest BCUT2D eigenvalue weighted by molar-refractivity contribution is 5.56. The fourth-order valence-corrected chi connectivity index (χ4v) is 0.905. The Morgan fingerprint density at radius 2 is 1.93 bits per heavy atom. The van der Waals surface area contributed by atoms with Crippen LogP contribution in [-0.4, -0.2) is 43.8 Å². The van der Waals surface area contributed by atoms with E-state index in [0.717, 1.165) is 19.1 Å². The minimum Gasteiger partial charge on any atom is -0.366 e. The van der Waals surface area contributed by atoms with E-state index in [2.05, 4.69) is 4.74 Å². The van der Waals surface area contributed by atoms with Gasteiger partial charge in [0.1, 0.15) is 12.4 Å². The van der Waals surface area contributed by atoms with Gasteiger partial charge in [-0.1, -0.05) is 0 Å². The van der Waals surface area contributed by atoms with Gasteiger partial charge in [0.05, 0.1) is 0 Å². The summed E-state index contributed by atoms with van der Waals surface area (Å²) in [7, 11) is 3.04. The zero-order chi connectivity index (χ0) is 11.9. The predicted molar refractivity (Wildman–Crippen MR) is 54.3 cm³/mol. The molecule has 2 atom stereocenters. The molecule has 5 nitrogen and oxygen atoms in total. The summed E-state index contributed by atoms with van der Waals surface area (Å²) in [5.41, 5.74) is 0. The second kappa shape index (κ2) is 6.90. The zero-order valence-corrected chi connectivity index (χ0v) is 9.73. The van der Waals surface area contributed by atoms with Crippen molar-refractivity contribution in [2.75, 3.05) is 14.2 Å². The van der Waals surface area contributed by atoms with Crippen molar-refractivity contribution >= 4 is 6.29 Å². The van der Waals surface area contributed by atoms with Gasteiger partial charge in [-0.3, -0.25) is 0 Å². The van der Waals surface area contributed by atoms with E-state index in [9.17, 15) is 4.79 Å².